The van der Waals surface area contributed by atoms with Crippen molar-refractivity contribution in [2.45, 2.75) is 71.4 Å². The number of amides is 1. The van der Waals surface area contributed by atoms with Crippen molar-refractivity contribution in [2.75, 3.05) is 13.6 Å². The third kappa shape index (κ3) is 3.72. The van der Waals surface area contributed by atoms with Crippen LogP contribution in [0.3, 0.4) is 0 Å². The monoisotopic (exact) mass is 306 g/mol. The normalized spacial score (nSPS) is 17.5. The van der Waals surface area contributed by atoms with Crippen molar-refractivity contribution in [3.05, 3.63) is 23.0 Å². The highest BCUT2D eigenvalue weighted by Gasteiger charge is 2.24. The molecule has 1 aliphatic carbocycles. The second kappa shape index (κ2) is 7.32. The van der Waals surface area contributed by atoms with Gasteiger partial charge in [0.25, 0.3) is 5.91 Å². The first-order valence-electron chi connectivity index (χ1n) is 8.53. The largest absolute Gasteiger partial charge is 0.393 e. The van der Waals surface area contributed by atoms with Crippen LogP contribution in [0.15, 0.2) is 6.07 Å². The van der Waals surface area contributed by atoms with Crippen LogP contribution in [0.5, 0.6) is 0 Å². The third-order valence-corrected chi connectivity index (χ3v) is 4.88. The Morgan fingerprint density at radius 3 is 2.59 bits per heavy atom. The summed E-state index contributed by atoms with van der Waals surface area (Å²) in [5.41, 5.74) is 3.10. The summed E-state index contributed by atoms with van der Waals surface area (Å²) < 4.78 is 2.37. The number of aryl methyl sites for hydroxylation is 1. The lowest BCUT2D eigenvalue weighted by Crippen LogP contribution is -2.30. The van der Waals surface area contributed by atoms with Gasteiger partial charge in [-0.15, -0.1) is 0 Å². The fraction of sp³-hybridized carbons (Fsp3) is 0.722. The first kappa shape index (κ1) is 17.1. The number of hydrogen-bond donors (Lipinski definition) is 1. The van der Waals surface area contributed by atoms with Gasteiger partial charge in [-0.25, -0.2) is 0 Å². The van der Waals surface area contributed by atoms with Gasteiger partial charge in [-0.1, -0.05) is 19.3 Å². The van der Waals surface area contributed by atoms with E-state index in [2.05, 4.69) is 18.4 Å². The topological polar surface area (TPSA) is 45.5 Å². The molecular weight excluding hydrogens is 276 g/mol. The van der Waals surface area contributed by atoms with Crippen LogP contribution < -0.4 is 0 Å². The van der Waals surface area contributed by atoms with Crippen LogP contribution in [0.1, 0.15) is 73.2 Å². The van der Waals surface area contributed by atoms with E-state index in [1.807, 2.05) is 13.1 Å². The van der Waals surface area contributed by atoms with Crippen LogP contribution in [0.4, 0.5) is 0 Å². The molecule has 1 aromatic heterocycles. The molecule has 1 atom stereocenters. The minimum absolute atomic E-state index is 0.0656. The third-order valence-electron chi connectivity index (χ3n) is 4.88. The number of aromatic nitrogens is 1. The number of carbonyl (C=O) groups is 1. The number of hydrogen-bond acceptors (Lipinski definition) is 2. The molecule has 1 saturated carbocycles. The summed E-state index contributed by atoms with van der Waals surface area (Å²) in [5.74, 6) is 0.0656. The molecule has 1 fully saturated rings. The average Bonchev–Trinajstić information content (AvgIpc) is 2.79. The Labute approximate surface area is 134 Å². The average molecular weight is 306 g/mol. The predicted molar refractivity (Wildman–Crippen MR) is 89.3 cm³/mol. The lowest BCUT2D eigenvalue weighted by molar-refractivity contribution is 0.0768. The number of aliphatic hydroxyl groups excluding tert-OH is 1. The Morgan fingerprint density at radius 1 is 1.36 bits per heavy atom. The SMILES string of the molecule is Cc1cc(C(=O)N(C)CCC(C)O)c(C)n1C1CCCCC1. The van der Waals surface area contributed by atoms with E-state index >= 15 is 0 Å². The molecule has 1 amide bonds. The van der Waals surface area contributed by atoms with E-state index in [9.17, 15) is 9.90 Å². The van der Waals surface area contributed by atoms with Gasteiger partial charge in [0.15, 0.2) is 0 Å². The summed E-state index contributed by atoms with van der Waals surface area (Å²) in [4.78, 5) is 14.4. The molecule has 0 aliphatic heterocycles. The van der Waals surface area contributed by atoms with Gasteiger partial charge in [-0.2, -0.15) is 0 Å². The van der Waals surface area contributed by atoms with E-state index in [1.54, 1.807) is 11.8 Å². The quantitative estimate of drug-likeness (QED) is 0.905. The first-order valence-corrected chi connectivity index (χ1v) is 8.53. The molecule has 1 aromatic rings. The molecular formula is C18H30N2O2. The number of rotatable bonds is 5. The number of aliphatic hydroxyl groups is 1. The van der Waals surface area contributed by atoms with Crippen LogP contribution in [-0.2, 0) is 0 Å². The van der Waals surface area contributed by atoms with Gasteiger partial charge < -0.3 is 14.6 Å². The van der Waals surface area contributed by atoms with Crippen molar-refractivity contribution >= 4 is 5.91 Å². The summed E-state index contributed by atoms with van der Waals surface area (Å²) >= 11 is 0. The van der Waals surface area contributed by atoms with Crippen molar-refractivity contribution in [3.8, 4) is 0 Å². The summed E-state index contributed by atoms with van der Waals surface area (Å²) in [6.45, 7) is 6.52. The maximum atomic E-state index is 12.7. The standard InChI is InChI=1S/C18H30N2O2/c1-13-12-17(18(22)19(4)11-10-14(2)21)15(3)20(13)16-8-6-5-7-9-16/h12,14,16,21H,5-11H2,1-4H3. The molecule has 1 N–H and O–H groups in total. The molecule has 1 aliphatic rings. The lowest BCUT2D eigenvalue weighted by Gasteiger charge is -2.26. The van der Waals surface area contributed by atoms with Gasteiger partial charge in [0.1, 0.15) is 0 Å². The van der Waals surface area contributed by atoms with E-state index in [0.29, 0.717) is 19.0 Å². The van der Waals surface area contributed by atoms with E-state index in [-0.39, 0.29) is 12.0 Å². The minimum Gasteiger partial charge on any atom is -0.393 e. The highest BCUT2D eigenvalue weighted by Crippen LogP contribution is 2.32. The van der Waals surface area contributed by atoms with E-state index in [0.717, 1.165) is 11.3 Å². The smallest absolute Gasteiger partial charge is 0.255 e. The van der Waals surface area contributed by atoms with Gasteiger partial charge >= 0.3 is 0 Å². The maximum Gasteiger partial charge on any atom is 0.255 e. The Morgan fingerprint density at radius 2 is 2.00 bits per heavy atom. The lowest BCUT2D eigenvalue weighted by atomic mass is 9.95. The van der Waals surface area contributed by atoms with Gasteiger partial charge in [-0.05, 0) is 46.1 Å². The second-order valence-electron chi connectivity index (χ2n) is 6.81. The van der Waals surface area contributed by atoms with Crippen molar-refractivity contribution in [2.24, 2.45) is 0 Å². The number of nitrogens with zero attached hydrogens (tertiary/aromatic N) is 2. The zero-order valence-corrected chi connectivity index (χ0v) is 14.4. The summed E-state index contributed by atoms with van der Waals surface area (Å²) in [6.07, 6.45) is 6.61. The fourth-order valence-corrected chi connectivity index (χ4v) is 3.58. The Hall–Kier alpha value is -1.29. The number of carbonyl (C=O) groups excluding carboxylic acids is 1. The molecule has 1 heterocycles. The highest BCUT2D eigenvalue weighted by atomic mass is 16.3. The molecule has 0 bridgehead atoms. The Kier molecular flexibility index (Phi) is 5.68. The molecule has 0 radical (unpaired) electrons. The minimum atomic E-state index is -0.370. The predicted octanol–water partition coefficient (Wildman–Crippen LogP) is 3.45. The summed E-state index contributed by atoms with van der Waals surface area (Å²) in [6, 6.07) is 2.59. The zero-order valence-electron chi connectivity index (χ0n) is 14.4. The molecule has 0 saturated heterocycles. The zero-order chi connectivity index (χ0) is 16.3. The van der Waals surface area contributed by atoms with Gasteiger partial charge in [-0.3, -0.25) is 4.79 Å². The van der Waals surface area contributed by atoms with Crippen LogP contribution in [0.25, 0.3) is 0 Å². The highest BCUT2D eigenvalue weighted by molar-refractivity contribution is 5.95. The summed E-state index contributed by atoms with van der Waals surface area (Å²) in [5, 5.41) is 9.38. The molecule has 4 heteroatoms. The van der Waals surface area contributed by atoms with Crippen molar-refractivity contribution in [1.29, 1.82) is 0 Å². The Balaban J connectivity index is 2.16. The molecule has 124 valence electrons. The van der Waals surface area contributed by atoms with E-state index in [1.165, 1.54) is 37.8 Å². The van der Waals surface area contributed by atoms with E-state index in [4.69, 9.17) is 0 Å². The molecule has 0 spiro atoms. The van der Waals surface area contributed by atoms with E-state index < -0.39 is 0 Å². The van der Waals surface area contributed by atoms with Crippen LogP contribution in [0, 0.1) is 13.8 Å². The molecule has 22 heavy (non-hydrogen) atoms. The first-order chi connectivity index (χ1) is 10.4. The van der Waals surface area contributed by atoms with Gasteiger partial charge in [0.05, 0.1) is 11.7 Å². The van der Waals surface area contributed by atoms with Crippen LogP contribution >= 0.6 is 0 Å². The second-order valence-corrected chi connectivity index (χ2v) is 6.81. The molecule has 4 nitrogen and oxygen atoms in total. The molecule has 0 aromatic carbocycles. The summed E-state index contributed by atoms with van der Waals surface area (Å²) in [7, 11) is 1.82. The Bertz CT molecular complexity index is 513. The van der Waals surface area contributed by atoms with Crippen LogP contribution in [0.2, 0.25) is 0 Å². The van der Waals surface area contributed by atoms with Gasteiger partial charge in [0.2, 0.25) is 0 Å². The van der Waals surface area contributed by atoms with Crippen molar-refractivity contribution < 1.29 is 9.90 Å². The molecule has 1 unspecified atom stereocenters. The van der Waals surface area contributed by atoms with Crippen molar-refractivity contribution in [3.63, 3.8) is 0 Å². The van der Waals surface area contributed by atoms with Crippen LogP contribution in [-0.4, -0.2) is 40.2 Å². The van der Waals surface area contributed by atoms with Crippen molar-refractivity contribution in [1.82, 2.24) is 9.47 Å². The maximum absolute atomic E-state index is 12.7. The fourth-order valence-electron chi connectivity index (χ4n) is 3.58. The van der Waals surface area contributed by atoms with Gasteiger partial charge in [0, 0.05) is 31.0 Å². The molecule has 2 rings (SSSR count).